The van der Waals surface area contributed by atoms with Crippen LogP contribution in [0.1, 0.15) is 38.7 Å². The Morgan fingerprint density at radius 2 is 2.12 bits per heavy atom. The molecule has 1 aromatic rings. The normalized spacial score (nSPS) is 19.1. The van der Waals surface area contributed by atoms with Gasteiger partial charge in [0.2, 0.25) is 0 Å². The molecule has 1 fully saturated rings. The van der Waals surface area contributed by atoms with Gasteiger partial charge in [0.1, 0.15) is 11.6 Å². The number of hydrogen-bond donors (Lipinski definition) is 0. The van der Waals surface area contributed by atoms with E-state index in [0.717, 1.165) is 36.8 Å². The van der Waals surface area contributed by atoms with Gasteiger partial charge < -0.3 is 4.90 Å². The standard InChI is InChI=1S/C13H21N3/c1-5-11-8-12(15-10(2)14-11)16-7-6-13(3,4)9-16/h8H,5-7,9H2,1-4H3. The Balaban J connectivity index is 2.24. The maximum Gasteiger partial charge on any atom is 0.132 e. The van der Waals surface area contributed by atoms with Crippen molar-refractivity contribution in [3.8, 4) is 0 Å². The second kappa shape index (κ2) is 4.04. The van der Waals surface area contributed by atoms with E-state index in [9.17, 15) is 0 Å². The Morgan fingerprint density at radius 3 is 2.69 bits per heavy atom. The molecule has 3 nitrogen and oxygen atoms in total. The summed E-state index contributed by atoms with van der Waals surface area (Å²) < 4.78 is 0. The van der Waals surface area contributed by atoms with Gasteiger partial charge in [0.15, 0.2) is 0 Å². The highest BCUT2D eigenvalue weighted by atomic mass is 15.2. The van der Waals surface area contributed by atoms with Gasteiger partial charge in [-0.25, -0.2) is 9.97 Å². The predicted octanol–water partition coefficient (Wildman–Crippen LogP) is 2.58. The first-order valence-corrected chi connectivity index (χ1v) is 6.10. The Hall–Kier alpha value is -1.12. The van der Waals surface area contributed by atoms with Crippen LogP contribution in [0.2, 0.25) is 0 Å². The van der Waals surface area contributed by atoms with Crippen LogP contribution in [0.5, 0.6) is 0 Å². The second-order valence-corrected chi connectivity index (χ2v) is 5.45. The quantitative estimate of drug-likeness (QED) is 0.765. The zero-order valence-electron chi connectivity index (χ0n) is 10.7. The maximum absolute atomic E-state index is 4.54. The van der Waals surface area contributed by atoms with E-state index in [4.69, 9.17) is 0 Å². The van der Waals surface area contributed by atoms with Crippen LogP contribution in [0.3, 0.4) is 0 Å². The number of nitrogens with zero attached hydrogens (tertiary/aromatic N) is 3. The molecule has 0 atom stereocenters. The number of aromatic nitrogens is 2. The number of anilines is 1. The molecule has 88 valence electrons. The maximum atomic E-state index is 4.54. The number of hydrogen-bond acceptors (Lipinski definition) is 3. The molecule has 0 spiro atoms. The third-order valence-corrected chi connectivity index (χ3v) is 3.24. The Bertz CT molecular complexity index is 385. The number of aryl methyl sites for hydroxylation is 2. The van der Waals surface area contributed by atoms with Crippen molar-refractivity contribution in [1.82, 2.24) is 9.97 Å². The average molecular weight is 219 g/mol. The fourth-order valence-corrected chi connectivity index (χ4v) is 2.26. The van der Waals surface area contributed by atoms with Gasteiger partial charge in [-0.3, -0.25) is 0 Å². The summed E-state index contributed by atoms with van der Waals surface area (Å²) in [5.41, 5.74) is 1.57. The van der Waals surface area contributed by atoms with E-state index in [0.29, 0.717) is 5.41 Å². The fraction of sp³-hybridized carbons (Fsp3) is 0.692. The summed E-state index contributed by atoms with van der Waals surface area (Å²) in [7, 11) is 0. The lowest BCUT2D eigenvalue weighted by Gasteiger charge is -2.21. The summed E-state index contributed by atoms with van der Waals surface area (Å²) in [5, 5.41) is 0. The smallest absolute Gasteiger partial charge is 0.132 e. The SMILES string of the molecule is CCc1cc(N2CCC(C)(C)C2)nc(C)n1. The number of rotatable bonds is 2. The van der Waals surface area contributed by atoms with Crippen molar-refractivity contribution in [3.05, 3.63) is 17.6 Å². The minimum absolute atomic E-state index is 0.422. The van der Waals surface area contributed by atoms with Crippen LogP contribution < -0.4 is 4.90 Å². The zero-order chi connectivity index (χ0) is 11.8. The van der Waals surface area contributed by atoms with Crippen molar-refractivity contribution in [2.45, 2.75) is 40.5 Å². The van der Waals surface area contributed by atoms with Gasteiger partial charge in [-0.05, 0) is 25.2 Å². The van der Waals surface area contributed by atoms with E-state index >= 15 is 0 Å². The minimum atomic E-state index is 0.422. The highest BCUT2D eigenvalue weighted by molar-refractivity contribution is 5.41. The molecule has 0 amide bonds. The lowest BCUT2D eigenvalue weighted by molar-refractivity contribution is 0.418. The summed E-state index contributed by atoms with van der Waals surface area (Å²) in [6.45, 7) is 11.0. The molecular weight excluding hydrogens is 198 g/mol. The monoisotopic (exact) mass is 219 g/mol. The molecule has 0 unspecified atom stereocenters. The molecule has 0 radical (unpaired) electrons. The molecule has 0 aliphatic carbocycles. The molecule has 2 rings (SSSR count). The lowest BCUT2D eigenvalue weighted by Crippen LogP contribution is -2.24. The van der Waals surface area contributed by atoms with Crippen LogP contribution >= 0.6 is 0 Å². The van der Waals surface area contributed by atoms with Crippen LogP contribution in [0.25, 0.3) is 0 Å². The average Bonchev–Trinajstić information content (AvgIpc) is 2.58. The highest BCUT2D eigenvalue weighted by Crippen LogP contribution is 2.31. The molecule has 3 heteroatoms. The van der Waals surface area contributed by atoms with Gasteiger partial charge in [0.25, 0.3) is 0 Å². The van der Waals surface area contributed by atoms with Gasteiger partial charge in [-0.1, -0.05) is 20.8 Å². The summed E-state index contributed by atoms with van der Waals surface area (Å²) in [4.78, 5) is 11.3. The van der Waals surface area contributed by atoms with Crippen LogP contribution in [0, 0.1) is 12.3 Å². The molecule has 0 saturated carbocycles. The van der Waals surface area contributed by atoms with E-state index in [1.165, 1.54) is 6.42 Å². The second-order valence-electron chi connectivity index (χ2n) is 5.45. The minimum Gasteiger partial charge on any atom is -0.356 e. The van der Waals surface area contributed by atoms with E-state index < -0.39 is 0 Å². The van der Waals surface area contributed by atoms with Crippen LogP contribution in [0.15, 0.2) is 6.07 Å². The Morgan fingerprint density at radius 1 is 1.38 bits per heavy atom. The first-order valence-electron chi connectivity index (χ1n) is 6.10. The Labute approximate surface area is 97.9 Å². The molecule has 0 bridgehead atoms. The third kappa shape index (κ3) is 2.34. The van der Waals surface area contributed by atoms with Crippen molar-refractivity contribution in [2.24, 2.45) is 5.41 Å². The van der Waals surface area contributed by atoms with Crippen molar-refractivity contribution in [2.75, 3.05) is 18.0 Å². The molecule has 0 N–H and O–H groups in total. The van der Waals surface area contributed by atoms with Crippen molar-refractivity contribution >= 4 is 5.82 Å². The van der Waals surface area contributed by atoms with E-state index in [1.807, 2.05) is 6.92 Å². The van der Waals surface area contributed by atoms with Crippen LogP contribution in [-0.4, -0.2) is 23.1 Å². The molecule has 0 aromatic carbocycles. The molecule has 2 heterocycles. The molecule has 1 aromatic heterocycles. The van der Waals surface area contributed by atoms with Crippen LogP contribution in [0.4, 0.5) is 5.82 Å². The van der Waals surface area contributed by atoms with Gasteiger partial charge >= 0.3 is 0 Å². The van der Waals surface area contributed by atoms with Gasteiger partial charge in [0.05, 0.1) is 0 Å². The summed E-state index contributed by atoms with van der Waals surface area (Å²) >= 11 is 0. The highest BCUT2D eigenvalue weighted by Gasteiger charge is 2.30. The van der Waals surface area contributed by atoms with Gasteiger partial charge in [-0.15, -0.1) is 0 Å². The van der Waals surface area contributed by atoms with E-state index in [1.54, 1.807) is 0 Å². The first kappa shape index (κ1) is 11.4. The van der Waals surface area contributed by atoms with Crippen molar-refractivity contribution in [1.29, 1.82) is 0 Å². The lowest BCUT2D eigenvalue weighted by atomic mass is 9.93. The summed E-state index contributed by atoms with van der Waals surface area (Å²) in [6.07, 6.45) is 2.23. The van der Waals surface area contributed by atoms with E-state index in [-0.39, 0.29) is 0 Å². The molecular formula is C13H21N3. The molecule has 1 saturated heterocycles. The molecule has 1 aliphatic rings. The van der Waals surface area contributed by atoms with Crippen molar-refractivity contribution < 1.29 is 0 Å². The van der Waals surface area contributed by atoms with Crippen molar-refractivity contribution in [3.63, 3.8) is 0 Å². The summed E-state index contributed by atoms with van der Waals surface area (Å²) in [5.74, 6) is 1.99. The van der Waals surface area contributed by atoms with Crippen LogP contribution in [-0.2, 0) is 6.42 Å². The van der Waals surface area contributed by atoms with Gasteiger partial charge in [0, 0.05) is 24.8 Å². The third-order valence-electron chi connectivity index (χ3n) is 3.24. The first-order chi connectivity index (χ1) is 7.50. The zero-order valence-corrected chi connectivity index (χ0v) is 10.7. The van der Waals surface area contributed by atoms with Gasteiger partial charge in [-0.2, -0.15) is 0 Å². The topological polar surface area (TPSA) is 29.0 Å². The fourth-order valence-electron chi connectivity index (χ4n) is 2.26. The summed E-state index contributed by atoms with van der Waals surface area (Å²) in [6, 6.07) is 2.13. The molecule has 16 heavy (non-hydrogen) atoms. The Kier molecular flexibility index (Phi) is 2.87. The predicted molar refractivity (Wildman–Crippen MR) is 66.8 cm³/mol. The largest absolute Gasteiger partial charge is 0.356 e. The molecule has 1 aliphatic heterocycles. The van der Waals surface area contributed by atoms with E-state index in [2.05, 4.69) is 41.7 Å².